The SMILES string of the molecule is O=C(Cc1csc(NC(=O)c2ccccc2)n1)OCC1CC1. The number of nitrogens with zero attached hydrogens (tertiary/aromatic N) is 1. The van der Waals surface area contributed by atoms with Gasteiger partial charge >= 0.3 is 5.97 Å². The molecule has 0 bridgehead atoms. The first-order valence-electron chi connectivity index (χ1n) is 7.17. The lowest BCUT2D eigenvalue weighted by Gasteiger charge is -2.02. The average Bonchev–Trinajstić information content (AvgIpc) is 3.27. The van der Waals surface area contributed by atoms with E-state index in [9.17, 15) is 9.59 Å². The first-order chi connectivity index (χ1) is 10.7. The van der Waals surface area contributed by atoms with Crippen LogP contribution in [0.5, 0.6) is 0 Å². The maximum Gasteiger partial charge on any atom is 0.311 e. The zero-order chi connectivity index (χ0) is 15.4. The second-order valence-electron chi connectivity index (χ2n) is 5.27. The van der Waals surface area contributed by atoms with Crippen LogP contribution in [0.15, 0.2) is 35.7 Å². The highest BCUT2D eigenvalue weighted by Crippen LogP contribution is 2.29. The van der Waals surface area contributed by atoms with Crippen LogP contribution in [-0.2, 0) is 16.0 Å². The molecule has 1 heterocycles. The minimum absolute atomic E-state index is 0.143. The van der Waals surface area contributed by atoms with E-state index in [0.29, 0.717) is 28.9 Å². The Hall–Kier alpha value is -2.21. The molecule has 0 unspecified atom stereocenters. The molecule has 0 atom stereocenters. The van der Waals surface area contributed by atoms with Crippen LogP contribution < -0.4 is 5.32 Å². The highest BCUT2D eigenvalue weighted by Gasteiger charge is 2.23. The first kappa shape index (κ1) is 14.7. The Morgan fingerprint density at radius 2 is 2.05 bits per heavy atom. The van der Waals surface area contributed by atoms with Gasteiger partial charge < -0.3 is 4.74 Å². The molecule has 1 aromatic carbocycles. The summed E-state index contributed by atoms with van der Waals surface area (Å²) in [5, 5.41) is 4.98. The number of carbonyl (C=O) groups excluding carboxylic acids is 2. The van der Waals surface area contributed by atoms with Crippen molar-refractivity contribution >= 4 is 28.3 Å². The van der Waals surface area contributed by atoms with Crippen molar-refractivity contribution in [3.63, 3.8) is 0 Å². The van der Waals surface area contributed by atoms with Crippen LogP contribution in [0.4, 0.5) is 5.13 Å². The van der Waals surface area contributed by atoms with Gasteiger partial charge in [-0.2, -0.15) is 0 Å². The first-order valence-corrected chi connectivity index (χ1v) is 8.05. The van der Waals surface area contributed by atoms with Crippen molar-refractivity contribution in [1.29, 1.82) is 0 Å². The van der Waals surface area contributed by atoms with Gasteiger partial charge in [0.25, 0.3) is 5.91 Å². The maximum absolute atomic E-state index is 12.0. The molecule has 1 aromatic heterocycles. The van der Waals surface area contributed by atoms with Gasteiger partial charge in [-0.15, -0.1) is 11.3 Å². The number of anilines is 1. The normalized spacial score (nSPS) is 13.6. The van der Waals surface area contributed by atoms with Gasteiger partial charge in [-0.3, -0.25) is 14.9 Å². The van der Waals surface area contributed by atoms with Gasteiger partial charge in [-0.25, -0.2) is 4.98 Å². The fourth-order valence-electron chi connectivity index (χ4n) is 1.90. The summed E-state index contributed by atoms with van der Waals surface area (Å²) >= 11 is 1.30. The van der Waals surface area contributed by atoms with Gasteiger partial charge in [0.05, 0.1) is 18.7 Å². The number of benzene rings is 1. The van der Waals surface area contributed by atoms with Gasteiger partial charge in [0, 0.05) is 10.9 Å². The number of hydrogen-bond donors (Lipinski definition) is 1. The molecule has 0 aliphatic heterocycles. The fraction of sp³-hybridized carbons (Fsp3) is 0.312. The number of amides is 1. The van der Waals surface area contributed by atoms with Gasteiger partial charge in [0.1, 0.15) is 0 Å². The van der Waals surface area contributed by atoms with Gasteiger partial charge in [-0.05, 0) is 30.9 Å². The number of esters is 1. The van der Waals surface area contributed by atoms with Gasteiger partial charge in [0.15, 0.2) is 5.13 Å². The third kappa shape index (κ3) is 4.14. The van der Waals surface area contributed by atoms with Crippen LogP contribution in [0.2, 0.25) is 0 Å². The summed E-state index contributed by atoms with van der Waals surface area (Å²) in [4.78, 5) is 27.9. The Labute approximate surface area is 132 Å². The van der Waals surface area contributed by atoms with Crippen LogP contribution in [0.3, 0.4) is 0 Å². The summed E-state index contributed by atoms with van der Waals surface area (Å²) in [7, 11) is 0. The van der Waals surface area contributed by atoms with Crippen molar-refractivity contribution in [3.8, 4) is 0 Å². The van der Waals surface area contributed by atoms with E-state index in [0.717, 1.165) is 12.8 Å². The molecule has 2 aromatic rings. The second-order valence-corrected chi connectivity index (χ2v) is 6.13. The summed E-state index contributed by atoms with van der Waals surface area (Å²) in [6, 6.07) is 8.93. The Kier molecular flexibility index (Phi) is 4.48. The highest BCUT2D eigenvalue weighted by atomic mass is 32.1. The van der Waals surface area contributed by atoms with Gasteiger partial charge in [-0.1, -0.05) is 18.2 Å². The van der Waals surface area contributed by atoms with Crippen molar-refractivity contribution in [1.82, 2.24) is 4.98 Å². The van der Waals surface area contributed by atoms with E-state index in [1.807, 2.05) is 6.07 Å². The van der Waals surface area contributed by atoms with E-state index in [1.54, 1.807) is 29.6 Å². The van der Waals surface area contributed by atoms with Crippen LogP contribution in [-0.4, -0.2) is 23.5 Å². The van der Waals surface area contributed by atoms with E-state index in [4.69, 9.17) is 4.74 Å². The molecule has 1 aliphatic rings. The summed E-state index contributed by atoms with van der Waals surface area (Å²) < 4.78 is 5.17. The molecule has 0 saturated heterocycles. The molecular formula is C16H16N2O3S. The molecule has 1 amide bonds. The third-order valence-electron chi connectivity index (χ3n) is 3.31. The lowest BCUT2D eigenvalue weighted by molar-refractivity contribution is -0.143. The Bertz CT molecular complexity index is 665. The summed E-state index contributed by atoms with van der Waals surface area (Å²) in [6.07, 6.45) is 2.45. The number of nitrogens with one attached hydrogen (secondary N) is 1. The zero-order valence-corrected chi connectivity index (χ0v) is 12.8. The highest BCUT2D eigenvalue weighted by molar-refractivity contribution is 7.14. The molecule has 1 N–H and O–H groups in total. The molecule has 114 valence electrons. The third-order valence-corrected chi connectivity index (χ3v) is 4.12. The number of thiazole rings is 1. The maximum atomic E-state index is 12.0. The molecule has 6 heteroatoms. The summed E-state index contributed by atoms with van der Waals surface area (Å²) in [5.41, 5.74) is 1.19. The summed E-state index contributed by atoms with van der Waals surface area (Å²) in [5.74, 6) is 0.0797. The molecule has 22 heavy (non-hydrogen) atoms. The Morgan fingerprint density at radius 3 is 2.77 bits per heavy atom. The quantitative estimate of drug-likeness (QED) is 0.832. The van der Waals surface area contributed by atoms with E-state index in [2.05, 4.69) is 10.3 Å². The molecule has 0 radical (unpaired) electrons. The molecular weight excluding hydrogens is 300 g/mol. The van der Waals surface area contributed by atoms with Crippen LogP contribution in [0, 0.1) is 5.92 Å². The van der Waals surface area contributed by atoms with Crippen LogP contribution in [0.25, 0.3) is 0 Å². The van der Waals surface area contributed by atoms with E-state index < -0.39 is 0 Å². The number of aromatic nitrogens is 1. The van der Waals surface area contributed by atoms with Crippen molar-refractivity contribution in [2.24, 2.45) is 5.92 Å². The number of ether oxygens (including phenoxy) is 1. The largest absolute Gasteiger partial charge is 0.465 e. The molecule has 3 rings (SSSR count). The molecule has 1 aliphatic carbocycles. The molecule has 5 nitrogen and oxygen atoms in total. The van der Waals surface area contributed by atoms with E-state index >= 15 is 0 Å². The second kappa shape index (κ2) is 6.70. The van der Waals surface area contributed by atoms with Gasteiger partial charge in [0.2, 0.25) is 0 Å². The Balaban J connectivity index is 1.52. The van der Waals surface area contributed by atoms with Crippen molar-refractivity contribution in [3.05, 3.63) is 47.0 Å². The van der Waals surface area contributed by atoms with Crippen molar-refractivity contribution in [2.75, 3.05) is 11.9 Å². The topological polar surface area (TPSA) is 68.3 Å². The predicted molar refractivity (Wildman–Crippen MR) is 83.9 cm³/mol. The molecule has 1 saturated carbocycles. The Morgan fingerprint density at radius 1 is 1.27 bits per heavy atom. The molecule has 0 spiro atoms. The monoisotopic (exact) mass is 316 g/mol. The predicted octanol–water partition coefficient (Wildman–Crippen LogP) is 2.89. The van der Waals surface area contributed by atoms with E-state index in [-0.39, 0.29) is 18.3 Å². The van der Waals surface area contributed by atoms with Crippen LogP contribution >= 0.6 is 11.3 Å². The van der Waals surface area contributed by atoms with Crippen molar-refractivity contribution < 1.29 is 14.3 Å². The van der Waals surface area contributed by atoms with Crippen LogP contribution in [0.1, 0.15) is 28.9 Å². The number of carbonyl (C=O) groups is 2. The number of rotatable bonds is 6. The van der Waals surface area contributed by atoms with E-state index in [1.165, 1.54) is 11.3 Å². The zero-order valence-electron chi connectivity index (χ0n) is 12.0. The standard InChI is InChI=1S/C16H16N2O3S/c19-14(21-9-11-6-7-11)8-13-10-22-16(17-13)18-15(20)12-4-2-1-3-5-12/h1-5,10-11H,6-9H2,(H,17,18,20). The number of hydrogen-bond acceptors (Lipinski definition) is 5. The molecule has 1 fully saturated rings. The summed E-state index contributed by atoms with van der Waals surface area (Å²) in [6.45, 7) is 0.514. The smallest absolute Gasteiger partial charge is 0.311 e. The average molecular weight is 316 g/mol. The lowest BCUT2D eigenvalue weighted by atomic mass is 10.2. The van der Waals surface area contributed by atoms with Crippen molar-refractivity contribution in [2.45, 2.75) is 19.3 Å². The minimum Gasteiger partial charge on any atom is -0.465 e. The lowest BCUT2D eigenvalue weighted by Crippen LogP contribution is -2.12. The minimum atomic E-state index is -0.266. The fourth-order valence-corrected chi connectivity index (χ4v) is 2.60.